The van der Waals surface area contributed by atoms with Gasteiger partial charge in [0, 0.05) is 23.6 Å². The van der Waals surface area contributed by atoms with Crippen molar-refractivity contribution < 1.29 is 9.59 Å². The SMILES string of the molecule is O=C(Nc1ccccc1N1CCCC1=O)c1ccc(Cl)cc1. The van der Waals surface area contributed by atoms with Gasteiger partial charge in [-0.05, 0) is 42.8 Å². The predicted octanol–water partition coefficient (Wildman–Crippen LogP) is 3.72. The van der Waals surface area contributed by atoms with Crippen LogP contribution in [0, 0.1) is 0 Å². The first-order valence-corrected chi connectivity index (χ1v) is 7.49. The smallest absolute Gasteiger partial charge is 0.255 e. The van der Waals surface area contributed by atoms with Crippen molar-refractivity contribution in [1.82, 2.24) is 0 Å². The minimum atomic E-state index is -0.226. The van der Waals surface area contributed by atoms with E-state index < -0.39 is 0 Å². The maximum Gasteiger partial charge on any atom is 0.255 e. The van der Waals surface area contributed by atoms with Crippen LogP contribution in [-0.4, -0.2) is 18.4 Å². The molecule has 1 fully saturated rings. The number of hydrogen-bond donors (Lipinski definition) is 1. The Morgan fingerprint density at radius 3 is 2.50 bits per heavy atom. The third-order valence-electron chi connectivity index (χ3n) is 3.62. The summed E-state index contributed by atoms with van der Waals surface area (Å²) in [6, 6.07) is 14.0. The number of amides is 2. The zero-order chi connectivity index (χ0) is 15.5. The quantitative estimate of drug-likeness (QED) is 0.938. The fourth-order valence-electron chi connectivity index (χ4n) is 2.51. The maximum atomic E-state index is 12.3. The van der Waals surface area contributed by atoms with Crippen LogP contribution in [0.15, 0.2) is 48.5 Å². The summed E-state index contributed by atoms with van der Waals surface area (Å²) in [5.74, 6) is -0.135. The topological polar surface area (TPSA) is 49.4 Å². The van der Waals surface area contributed by atoms with E-state index in [2.05, 4.69) is 5.32 Å². The largest absolute Gasteiger partial charge is 0.320 e. The van der Waals surface area contributed by atoms with Crippen molar-refractivity contribution in [2.45, 2.75) is 12.8 Å². The lowest BCUT2D eigenvalue weighted by molar-refractivity contribution is -0.117. The first kappa shape index (κ1) is 14.6. The number of para-hydroxylation sites is 2. The van der Waals surface area contributed by atoms with Gasteiger partial charge >= 0.3 is 0 Å². The van der Waals surface area contributed by atoms with E-state index in [4.69, 9.17) is 11.6 Å². The van der Waals surface area contributed by atoms with Crippen molar-refractivity contribution in [1.29, 1.82) is 0 Å². The van der Waals surface area contributed by atoms with Crippen LogP contribution in [0.2, 0.25) is 5.02 Å². The van der Waals surface area contributed by atoms with Crippen LogP contribution in [-0.2, 0) is 4.79 Å². The van der Waals surface area contributed by atoms with E-state index >= 15 is 0 Å². The van der Waals surface area contributed by atoms with Crippen molar-refractivity contribution in [3.05, 3.63) is 59.1 Å². The highest BCUT2D eigenvalue weighted by molar-refractivity contribution is 6.30. The van der Waals surface area contributed by atoms with Gasteiger partial charge in [0.2, 0.25) is 5.91 Å². The number of nitrogens with zero attached hydrogens (tertiary/aromatic N) is 1. The van der Waals surface area contributed by atoms with Gasteiger partial charge in [0.1, 0.15) is 0 Å². The second-order valence-electron chi connectivity index (χ2n) is 5.13. The molecule has 112 valence electrons. The highest BCUT2D eigenvalue weighted by Gasteiger charge is 2.24. The summed E-state index contributed by atoms with van der Waals surface area (Å²) >= 11 is 5.83. The molecule has 4 nitrogen and oxygen atoms in total. The second kappa shape index (κ2) is 6.20. The molecule has 0 spiro atoms. The number of carbonyl (C=O) groups excluding carboxylic acids is 2. The molecule has 0 bridgehead atoms. The number of benzene rings is 2. The Morgan fingerprint density at radius 1 is 1.09 bits per heavy atom. The van der Waals surface area contributed by atoms with Gasteiger partial charge in [-0.1, -0.05) is 23.7 Å². The highest BCUT2D eigenvalue weighted by Crippen LogP contribution is 2.29. The van der Waals surface area contributed by atoms with E-state index in [1.165, 1.54) is 0 Å². The summed E-state index contributed by atoms with van der Waals surface area (Å²) in [6.45, 7) is 0.687. The lowest BCUT2D eigenvalue weighted by Gasteiger charge is -2.20. The molecule has 0 radical (unpaired) electrons. The molecular formula is C17H15ClN2O2. The van der Waals surface area contributed by atoms with Gasteiger partial charge in [0.15, 0.2) is 0 Å². The van der Waals surface area contributed by atoms with Gasteiger partial charge in [-0.15, -0.1) is 0 Å². The van der Waals surface area contributed by atoms with Gasteiger partial charge in [-0.2, -0.15) is 0 Å². The van der Waals surface area contributed by atoms with Crippen LogP contribution >= 0.6 is 11.6 Å². The Hall–Kier alpha value is -2.33. The van der Waals surface area contributed by atoms with Crippen molar-refractivity contribution >= 4 is 34.8 Å². The fraction of sp³-hybridized carbons (Fsp3) is 0.176. The van der Waals surface area contributed by atoms with Crippen molar-refractivity contribution in [2.75, 3.05) is 16.8 Å². The first-order chi connectivity index (χ1) is 10.6. The van der Waals surface area contributed by atoms with Gasteiger partial charge in [0.05, 0.1) is 11.4 Å². The van der Waals surface area contributed by atoms with Crippen molar-refractivity contribution in [2.24, 2.45) is 0 Å². The molecule has 2 aromatic carbocycles. The van der Waals surface area contributed by atoms with E-state index in [1.54, 1.807) is 35.2 Å². The summed E-state index contributed by atoms with van der Waals surface area (Å²) in [4.78, 5) is 26.0. The van der Waals surface area contributed by atoms with E-state index in [0.717, 1.165) is 12.1 Å². The van der Waals surface area contributed by atoms with Crippen LogP contribution in [0.4, 0.5) is 11.4 Å². The minimum Gasteiger partial charge on any atom is -0.320 e. The highest BCUT2D eigenvalue weighted by atomic mass is 35.5. The van der Waals surface area contributed by atoms with Gasteiger partial charge in [-0.25, -0.2) is 0 Å². The van der Waals surface area contributed by atoms with Crippen LogP contribution in [0.5, 0.6) is 0 Å². The molecule has 0 atom stereocenters. The standard InChI is InChI=1S/C17H15ClN2O2/c18-13-9-7-12(8-10-13)17(22)19-14-4-1-2-5-15(14)20-11-3-6-16(20)21/h1-2,4-5,7-10H,3,6,11H2,(H,19,22). The van der Waals surface area contributed by atoms with Crippen LogP contribution in [0.25, 0.3) is 0 Å². The molecule has 1 aliphatic heterocycles. The molecule has 5 heteroatoms. The van der Waals surface area contributed by atoms with Crippen molar-refractivity contribution in [3.63, 3.8) is 0 Å². The predicted molar refractivity (Wildman–Crippen MR) is 87.4 cm³/mol. The molecule has 22 heavy (non-hydrogen) atoms. The number of carbonyl (C=O) groups is 2. The van der Waals surface area contributed by atoms with Crippen LogP contribution < -0.4 is 10.2 Å². The summed E-state index contributed by atoms with van der Waals surface area (Å²) < 4.78 is 0. The van der Waals surface area contributed by atoms with E-state index in [1.807, 2.05) is 18.2 Å². The van der Waals surface area contributed by atoms with E-state index in [0.29, 0.717) is 29.2 Å². The number of rotatable bonds is 3. The van der Waals surface area contributed by atoms with Gasteiger partial charge < -0.3 is 10.2 Å². The Kier molecular flexibility index (Phi) is 4.11. The third kappa shape index (κ3) is 2.97. The molecule has 1 saturated heterocycles. The normalized spacial score (nSPS) is 14.2. The Labute approximate surface area is 133 Å². The van der Waals surface area contributed by atoms with E-state index in [9.17, 15) is 9.59 Å². The molecule has 3 rings (SSSR count). The lowest BCUT2D eigenvalue weighted by atomic mass is 10.2. The number of nitrogens with one attached hydrogen (secondary N) is 1. The summed E-state index contributed by atoms with van der Waals surface area (Å²) in [7, 11) is 0. The Balaban J connectivity index is 1.84. The van der Waals surface area contributed by atoms with Crippen LogP contribution in [0.1, 0.15) is 23.2 Å². The summed E-state index contributed by atoms with van der Waals surface area (Å²) in [5.41, 5.74) is 1.90. The second-order valence-corrected chi connectivity index (χ2v) is 5.56. The molecule has 1 aliphatic rings. The zero-order valence-corrected chi connectivity index (χ0v) is 12.6. The summed E-state index contributed by atoms with van der Waals surface area (Å²) in [6.07, 6.45) is 1.40. The average molecular weight is 315 g/mol. The van der Waals surface area contributed by atoms with Gasteiger partial charge in [-0.3, -0.25) is 9.59 Å². The Bertz CT molecular complexity index is 713. The van der Waals surface area contributed by atoms with Crippen LogP contribution in [0.3, 0.4) is 0 Å². The molecule has 2 amide bonds. The van der Waals surface area contributed by atoms with E-state index in [-0.39, 0.29) is 11.8 Å². The molecule has 0 aromatic heterocycles. The lowest BCUT2D eigenvalue weighted by Crippen LogP contribution is -2.25. The molecule has 0 unspecified atom stereocenters. The average Bonchev–Trinajstić information content (AvgIpc) is 2.94. The molecule has 2 aromatic rings. The molecular weight excluding hydrogens is 300 g/mol. The molecule has 1 N–H and O–H groups in total. The number of halogens is 1. The molecule has 0 saturated carbocycles. The maximum absolute atomic E-state index is 12.3. The summed E-state index contributed by atoms with van der Waals surface area (Å²) in [5, 5.41) is 3.45. The fourth-order valence-corrected chi connectivity index (χ4v) is 2.64. The van der Waals surface area contributed by atoms with Crippen molar-refractivity contribution in [3.8, 4) is 0 Å². The number of anilines is 2. The zero-order valence-electron chi connectivity index (χ0n) is 11.9. The molecule has 1 heterocycles. The Morgan fingerprint density at radius 2 is 1.82 bits per heavy atom. The van der Waals surface area contributed by atoms with Gasteiger partial charge in [0.25, 0.3) is 5.91 Å². The monoisotopic (exact) mass is 314 g/mol. The first-order valence-electron chi connectivity index (χ1n) is 7.11. The molecule has 0 aliphatic carbocycles. The number of hydrogen-bond acceptors (Lipinski definition) is 2. The third-order valence-corrected chi connectivity index (χ3v) is 3.87. The minimum absolute atomic E-state index is 0.0909.